The van der Waals surface area contributed by atoms with Crippen LogP contribution in [0.25, 0.3) is 0 Å². The minimum Gasteiger partial charge on any atom is -0.272 e. The van der Waals surface area contributed by atoms with Crippen molar-refractivity contribution in [3.63, 3.8) is 0 Å². The highest BCUT2D eigenvalue weighted by molar-refractivity contribution is 9.10. The van der Waals surface area contributed by atoms with E-state index < -0.39 is 0 Å². The molecule has 4 nitrogen and oxygen atoms in total. The summed E-state index contributed by atoms with van der Waals surface area (Å²) in [5.74, 6) is -0.233. The van der Waals surface area contributed by atoms with E-state index in [1.54, 1.807) is 6.21 Å². The Kier molecular flexibility index (Phi) is 2.85. The van der Waals surface area contributed by atoms with Gasteiger partial charge in [-0.15, -0.1) is 0 Å². The Balaban J connectivity index is 1.62. The van der Waals surface area contributed by atoms with E-state index in [4.69, 9.17) is 0 Å². The predicted octanol–water partition coefficient (Wildman–Crippen LogP) is 2.59. The maximum Gasteiger partial charge on any atom is 0.254 e. The van der Waals surface area contributed by atoms with E-state index >= 15 is 0 Å². The number of imide groups is 1. The maximum atomic E-state index is 12.4. The van der Waals surface area contributed by atoms with Crippen molar-refractivity contribution in [2.24, 2.45) is 28.8 Å². The maximum absolute atomic E-state index is 12.4. The van der Waals surface area contributed by atoms with Gasteiger partial charge in [-0.1, -0.05) is 46.3 Å². The molecule has 1 aromatic carbocycles. The van der Waals surface area contributed by atoms with Crippen molar-refractivity contribution in [1.82, 2.24) is 5.01 Å². The molecule has 0 N–H and O–H groups in total. The van der Waals surface area contributed by atoms with Crippen LogP contribution in [0, 0.1) is 23.7 Å². The zero-order valence-electron chi connectivity index (χ0n) is 11.1. The topological polar surface area (TPSA) is 49.7 Å². The molecule has 1 saturated heterocycles. The molecule has 5 heteroatoms. The summed E-state index contributed by atoms with van der Waals surface area (Å²) >= 11 is 3.42. The lowest BCUT2D eigenvalue weighted by atomic mass is 9.85. The Morgan fingerprint density at radius 1 is 1.10 bits per heavy atom. The molecule has 0 spiro atoms. The summed E-state index contributed by atoms with van der Waals surface area (Å²) in [7, 11) is 0. The number of nitrogens with zero attached hydrogens (tertiary/aromatic N) is 2. The highest BCUT2D eigenvalue weighted by Gasteiger charge is 2.59. The van der Waals surface area contributed by atoms with Gasteiger partial charge in [-0.25, -0.2) is 0 Å². The zero-order chi connectivity index (χ0) is 14.6. The number of halogens is 1. The van der Waals surface area contributed by atoms with Crippen LogP contribution in [0.3, 0.4) is 0 Å². The van der Waals surface area contributed by atoms with Crippen LogP contribution in [0.1, 0.15) is 12.0 Å². The van der Waals surface area contributed by atoms with E-state index in [0.717, 1.165) is 21.5 Å². The molecular weight excluding hydrogens is 332 g/mol. The highest BCUT2D eigenvalue weighted by atomic mass is 79.9. The second-order valence-electron chi connectivity index (χ2n) is 5.75. The monoisotopic (exact) mass is 344 g/mol. The summed E-state index contributed by atoms with van der Waals surface area (Å²) in [6.07, 6.45) is 6.67. The summed E-state index contributed by atoms with van der Waals surface area (Å²) in [6.45, 7) is 0. The summed E-state index contributed by atoms with van der Waals surface area (Å²) < 4.78 is 0.884. The minimum absolute atomic E-state index is 0.148. The van der Waals surface area contributed by atoms with Crippen molar-refractivity contribution in [1.29, 1.82) is 0 Å². The van der Waals surface area contributed by atoms with E-state index in [9.17, 15) is 9.59 Å². The van der Waals surface area contributed by atoms with Crippen LogP contribution in [-0.2, 0) is 9.59 Å². The lowest BCUT2D eigenvalue weighted by Gasteiger charge is -2.13. The quantitative estimate of drug-likeness (QED) is 0.470. The van der Waals surface area contributed by atoms with Gasteiger partial charge in [0.2, 0.25) is 0 Å². The molecule has 106 valence electrons. The van der Waals surface area contributed by atoms with Crippen LogP contribution in [0.2, 0.25) is 0 Å². The molecule has 2 amide bonds. The highest BCUT2D eigenvalue weighted by Crippen LogP contribution is 2.52. The van der Waals surface area contributed by atoms with Gasteiger partial charge in [0.25, 0.3) is 11.8 Å². The van der Waals surface area contributed by atoms with E-state index in [1.165, 1.54) is 0 Å². The fraction of sp³-hybridized carbons (Fsp3) is 0.312. The van der Waals surface area contributed by atoms with Crippen molar-refractivity contribution in [2.45, 2.75) is 6.42 Å². The molecule has 1 saturated carbocycles. The molecule has 0 unspecified atom stereocenters. The fourth-order valence-electron chi connectivity index (χ4n) is 3.70. The number of hydrogen-bond acceptors (Lipinski definition) is 3. The average Bonchev–Trinajstić information content (AvgIpc) is 3.14. The fourth-order valence-corrected chi connectivity index (χ4v) is 4.09. The second kappa shape index (κ2) is 4.63. The zero-order valence-corrected chi connectivity index (χ0v) is 12.7. The SMILES string of the molecule is O=C1[C@@H]2[C@H](C(=O)N1N=Cc1ccccc1Br)[C@H]1C=C[C@H]2C1. The predicted molar refractivity (Wildman–Crippen MR) is 81.3 cm³/mol. The van der Waals surface area contributed by atoms with Crippen molar-refractivity contribution < 1.29 is 9.59 Å². The Morgan fingerprint density at radius 2 is 1.71 bits per heavy atom. The normalized spacial score (nSPS) is 33.5. The Bertz CT molecular complexity index is 667. The molecule has 3 aliphatic rings. The largest absolute Gasteiger partial charge is 0.272 e. The lowest BCUT2D eigenvalue weighted by Crippen LogP contribution is -2.28. The van der Waals surface area contributed by atoms with Gasteiger partial charge >= 0.3 is 0 Å². The molecular formula is C16H13BrN2O2. The van der Waals surface area contributed by atoms with Gasteiger partial charge in [0.15, 0.2) is 0 Å². The third kappa shape index (κ3) is 1.83. The van der Waals surface area contributed by atoms with Crippen molar-refractivity contribution in [3.8, 4) is 0 Å². The number of rotatable bonds is 2. The molecule has 4 rings (SSSR count). The Labute approximate surface area is 130 Å². The van der Waals surface area contributed by atoms with Gasteiger partial charge in [0.1, 0.15) is 0 Å². The van der Waals surface area contributed by atoms with Crippen LogP contribution < -0.4 is 0 Å². The third-order valence-electron chi connectivity index (χ3n) is 4.66. The number of hydrogen-bond donors (Lipinski definition) is 0. The number of hydrazone groups is 1. The number of carbonyl (C=O) groups excluding carboxylic acids is 2. The van der Waals surface area contributed by atoms with Crippen molar-refractivity contribution in [2.75, 3.05) is 0 Å². The molecule has 4 atom stereocenters. The summed E-state index contributed by atoms with van der Waals surface area (Å²) in [5.41, 5.74) is 0.844. The van der Waals surface area contributed by atoms with E-state index in [1.807, 2.05) is 24.3 Å². The first-order valence-corrected chi connectivity index (χ1v) is 7.81. The first kappa shape index (κ1) is 13.0. The van der Waals surface area contributed by atoms with Gasteiger partial charge in [0.05, 0.1) is 18.1 Å². The van der Waals surface area contributed by atoms with Crippen LogP contribution in [0.4, 0.5) is 0 Å². The molecule has 2 aliphatic carbocycles. The smallest absolute Gasteiger partial charge is 0.254 e. The number of allylic oxidation sites excluding steroid dienone is 2. The molecule has 0 aromatic heterocycles. The number of benzene rings is 1. The summed E-state index contributed by atoms with van der Waals surface area (Å²) in [5, 5.41) is 5.22. The van der Waals surface area contributed by atoms with Crippen LogP contribution in [0.5, 0.6) is 0 Å². The van der Waals surface area contributed by atoms with Gasteiger partial charge in [-0.2, -0.15) is 10.1 Å². The van der Waals surface area contributed by atoms with E-state index in [-0.39, 0.29) is 35.5 Å². The molecule has 1 heterocycles. The van der Waals surface area contributed by atoms with Crippen LogP contribution in [-0.4, -0.2) is 23.0 Å². The molecule has 1 aliphatic heterocycles. The molecule has 2 fully saturated rings. The molecule has 1 aromatic rings. The van der Waals surface area contributed by atoms with E-state index in [0.29, 0.717) is 0 Å². The van der Waals surface area contributed by atoms with Gasteiger partial charge in [-0.05, 0) is 24.3 Å². The van der Waals surface area contributed by atoms with Gasteiger partial charge in [-0.3, -0.25) is 9.59 Å². The first-order valence-electron chi connectivity index (χ1n) is 7.01. The van der Waals surface area contributed by atoms with Gasteiger partial charge < -0.3 is 0 Å². The molecule has 0 radical (unpaired) electrons. The number of carbonyl (C=O) groups is 2. The standard InChI is InChI=1S/C16H13BrN2O2/c17-12-4-2-1-3-11(12)8-18-19-15(20)13-9-5-6-10(7-9)14(13)16(19)21/h1-6,8-10,13-14H,7H2/t9-,10-,13-,14+/m0/s1. The third-order valence-corrected chi connectivity index (χ3v) is 5.39. The van der Waals surface area contributed by atoms with Gasteiger partial charge in [0, 0.05) is 10.0 Å². The summed E-state index contributed by atoms with van der Waals surface area (Å²) in [4.78, 5) is 24.9. The average molecular weight is 345 g/mol. The first-order chi connectivity index (χ1) is 10.2. The van der Waals surface area contributed by atoms with Crippen LogP contribution in [0.15, 0.2) is 46.0 Å². The Hall–Kier alpha value is -1.75. The number of amides is 2. The van der Waals surface area contributed by atoms with E-state index in [2.05, 4.69) is 33.2 Å². The minimum atomic E-state index is -0.191. The molecule has 21 heavy (non-hydrogen) atoms. The number of fused-ring (bicyclic) bond motifs is 5. The molecule has 2 bridgehead atoms. The Morgan fingerprint density at radius 3 is 2.33 bits per heavy atom. The summed E-state index contributed by atoms with van der Waals surface area (Å²) in [6, 6.07) is 7.57. The van der Waals surface area contributed by atoms with Crippen molar-refractivity contribution in [3.05, 3.63) is 46.5 Å². The van der Waals surface area contributed by atoms with Crippen LogP contribution >= 0.6 is 15.9 Å². The second-order valence-corrected chi connectivity index (χ2v) is 6.61. The lowest BCUT2D eigenvalue weighted by molar-refractivity contribution is -0.140. The van der Waals surface area contributed by atoms with Crippen molar-refractivity contribution >= 4 is 34.0 Å².